The monoisotopic (exact) mass is 228 g/mol. The molecule has 0 aliphatic rings. The summed E-state index contributed by atoms with van der Waals surface area (Å²) in [7, 11) is 0. The van der Waals surface area contributed by atoms with Crippen LogP contribution in [0.5, 0.6) is 0 Å². The second-order valence-corrected chi connectivity index (χ2v) is 4.71. The minimum Gasteiger partial charge on any atom is -0.388 e. The summed E-state index contributed by atoms with van der Waals surface area (Å²) < 4.78 is 2.00. The van der Waals surface area contributed by atoms with Crippen LogP contribution < -0.4 is 0 Å². The number of aromatic nitrogens is 2. The van der Waals surface area contributed by atoms with Crippen molar-refractivity contribution in [3.05, 3.63) is 17.0 Å². The summed E-state index contributed by atoms with van der Waals surface area (Å²) in [5.41, 5.74) is 3.08. The van der Waals surface area contributed by atoms with E-state index in [4.69, 9.17) is 0 Å². The number of aliphatic hydroxyl groups is 1. The molecule has 86 valence electrons. The lowest BCUT2D eigenvalue weighted by Gasteiger charge is -2.08. The quantitative estimate of drug-likeness (QED) is 0.840. The third kappa shape index (κ3) is 2.75. The lowest BCUT2D eigenvalue weighted by atomic mass is 10.1. The number of rotatable bonds is 5. The van der Waals surface area contributed by atoms with Gasteiger partial charge in [0.15, 0.2) is 0 Å². The van der Waals surface area contributed by atoms with Crippen LogP contribution in [-0.4, -0.2) is 26.9 Å². The van der Waals surface area contributed by atoms with Crippen LogP contribution in [0.3, 0.4) is 0 Å². The Hall–Kier alpha value is -0.480. The molecule has 0 aromatic carbocycles. The Bertz CT molecular complexity index is 323. The van der Waals surface area contributed by atoms with Gasteiger partial charge in [0.25, 0.3) is 0 Å². The maximum Gasteiger partial charge on any atom is 0.0823 e. The predicted molar refractivity (Wildman–Crippen MR) is 65.3 cm³/mol. The zero-order valence-corrected chi connectivity index (χ0v) is 10.8. The molecular weight excluding hydrogens is 208 g/mol. The summed E-state index contributed by atoms with van der Waals surface area (Å²) >= 11 is 1.81. The van der Waals surface area contributed by atoms with E-state index in [1.807, 2.05) is 37.2 Å². The van der Waals surface area contributed by atoms with Gasteiger partial charge in [-0.15, -0.1) is 0 Å². The molecule has 1 aromatic rings. The molecule has 1 atom stereocenters. The lowest BCUT2D eigenvalue weighted by molar-refractivity contribution is 0.172. The molecule has 0 saturated carbocycles. The van der Waals surface area contributed by atoms with Gasteiger partial charge in [-0.3, -0.25) is 4.68 Å². The molecule has 0 bridgehead atoms. The van der Waals surface area contributed by atoms with Crippen LogP contribution in [0.15, 0.2) is 0 Å². The fraction of sp³-hybridized carbons (Fsp3) is 0.727. The van der Waals surface area contributed by atoms with Crippen molar-refractivity contribution in [3.8, 4) is 0 Å². The Labute approximate surface area is 95.9 Å². The number of aliphatic hydroxyl groups excluding tert-OH is 1. The number of thioether (sulfide) groups is 1. The van der Waals surface area contributed by atoms with Crippen LogP contribution in [0.1, 0.15) is 36.4 Å². The molecule has 0 fully saturated rings. The standard InChI is InChI=1S/C11H20N2OS/c1-5-10(14)11-8(2)12-13(9(11)3)6-7-15-4/h10,14H,5-7H2,1-4H3. The van der Waals surface area contributed by atoms with Crippen LogP contribution in [0.4, 0.5) is 0 Å². The summed E-state index contributed by atoms with van der Waals surface area (Å²) in [5, 5.41) is 14.3. The van der Waals surface area contributed by atoms with Crippen molar-refractivity contribution >= 4 is 11.8 Å². The summed E-state index contributed by atoms with van der Waals surface area (Å²) in [4.78, 5) is 0. The van der Waals surface area contributed by atoms with Crippen LogP contribution >= 0.6 is 11.8 Å². The van der Waals surface area contributed by atoms with Crippen molar-refractivity contribution in [2.24, 2.45) is 0 Å². The number of hydrogen-bond donors (Lipinski definition) is 1. The molecule has 15 heavy (non-hydrogen) atoms. The topological polar surface area (TPSA) is 38.1 Å². The largest absolute Gasteiger partial charge is 0.388 e. The Morgan fingerprint density at radius 1 is 1.47 bits per heavy atom. The first-order chi connectivity index (χ1) is 7.11. The first-order valence-corrected chi connectivity index (χ1v) is 6.72. The number of nitrogens with zero attached hydrogens (tertiary/aromatic N) is 2. The molecule has 0 saturated heterocycles. The normalized spacial score (nSPS) is 13.1. The second-order valence-electron chi connectivity index (χ2n) is 3.72. The third-order valence-electron chi connectivity index (χ3n) is 2.66. The maximum atomic E-state index is 9.87. The molecular formula is C11H20N2OS. The van der Waals surface area contributed by atoms with Gasteiger partial charge in [0.05, 0.1) is 18.3 Å². The first kappa shape index (κ1) is 12.6. The fourth-order valence-corrected chi connectivity index (χ4v) is 2.15. The molecule has 3 nitrogen and oxygen atoms in total. The Morgan fingerprint density at radius 3 is 2.67 bits per heavy atom. The zero-order valence-electron chi connectivity index (χ0n) is 9.95. The number of aryl methyl sites for hydroxylation is 2. The minimum absolute atomic E-state index is 0.368. The Kier molecular flexibility index (Phi) is 4.67. The number of hydrogen-bond acceptors (Lipinski definition) is 3. The molecule has 1 aromatic heterocycles. The van der Waals surface area contributed by atoms with Gasteiger partial charge in [0.2, 0.25) is 0 Å². The first-order valence-electron chi connectivity index (χ1n) is 5.32. The van der Waals surface area contributed by atoms with Crippen LogP contribution in [-0.2, 0) is 6.54 Å². The van der Waals surface area contributed by atoms with Crippen LogP contribution in [0.25, 0.3) is 0 Å². The second kappa shape index (κ2) is 5.56. The van der Waals surface area contributed by atoms with E-state index in [1.54, 1.807) is 0 Å². The molecule has 0 radical (unpaired) electrons. The fourth-order valence-electron chi connectivity index (χ4n) is 1.79. The van der Waals surface area contributed by atoms with Gasteiger partial charge in [0.1, 0.15) is 0 Å². The highest BCUT2D eigenvalue weighted by molar-refractivity contribution is 7.98. The van der Waals surface area contributed by atoms with E-state index >= 15 is 0 Å². The zero-order chi connectivity index (χ0) is 11.4. The van der Waals surface area contributed by atoms with Crippen molar-refractivity contribution in [2.45, 2.75) is 39.8 Å². The molecule has 0 spiro atoms. The van der Waals surface area contributed by atoms with E-state index in [0.717, 1.165) is 35.7 Å². The summed E-state index contributed by atoms with van der Waals surface area (Å²) in [6.07, 6.45) is 2.47. The van der Waals surface area contributed by atoms with E-state index in [2.05, 4.69) is 11.4 Å². The maximum absolute atomic E-state index is 9.87. The van der Waals surface area contributed by atoms with Gasteiger partial charge in [0, 0.05) is 17.0 Å². The van der Waals surface area contributed by atoms with E-state index in [1.165, 1.54) is 0 Å². The van der Waals surface area contributed by atoms with Crippen molar-refractivity contribution in [2.75, 3.05) is 12.0 Å². The SMILES string of the molecule is CCC(O)c1c(C)nn(CCSC)c1C. The Balaban J connectivity index is 2.93. The van der Waals surface area contributed by atoms with E-state index in [9.17, 15) is 5.11 Å². The van der Waals surface area contributed by atoms with Crippen LogP contribution in [0.2, 0.25) is 0 Å². The summed E-state index contributed by atoms with van der Waals surface area (Å²) in [6, 6.07) is 0. The van der Waals surface area contributed by atoms with Crippen molar-refractivity contribution < 1.29 is 5.11 Å². The van der Waals surface area contributed by atoms with Gasteiger partial charge >= 0.3 is 0 Å². The highest BCUT2D eigenvalue weighted by Gasteiger charge is 2.17. The van der Waals surface area contributed by atoms with Gasteiger partial charge < -0.3 is 5.11 Å². The smallest absolute Gasteiger partial charge is 0.0823 e. The van der Waals surface area contributed by atoms with Gasteiger partial charge in [-0.1, -0.05) is 6.92 Å². The molecule has 0 aliphatic carbocycles. The molecule has 0 amide bonds. The average Bonchev–Trinajstić information content (AvgIpc) is 2.50. The highest BCUT2D eigenvalue weighted by atomic mass is 32.2. The van der Waals surface area contributed by atoms with Gasteiger partial charge in [-0.25, -0.2) is 0 Å². The van der Waals surface area contributed by atoms with Crippen molar-refractivity contribution in [1.82, 2.24) is 9.78 Å². The Morgan fingerprint density at radius 2 is 2.13 bits per heavy atom. The van der Waals surface area contributed by atoms with Crippen LogP contribution in [0, 0.1) is 13.8 Å². The van der Waals surface area contributed by atoms with E-state index in [-0.39, 0.29) is 6.10 Å². The molecule has 0 aliphatic heterocycles. The average molecular weight is 228 g/mol. The summed E-state index contributed by atoms with van der Waals surface area (Å²) in [6.45, 7) is 6.92. The molecule has 1 unspecified atom stereocenters. The third-order valence-corrected chi connectivity index (χ3v) is 3.26. The molecule has 4 heteroatoms. The van der Waals surface area contributed by atoms with Gasteiger partial charge in [-0.2, -0.15) is 16.9 Å². The van der Waals surface area contributed by atoms with Crippen molar-refractivity contribution in [3.63, 3.8) is 0 Å². The van der Waals surface area contributed by atoms with E-state index in [0.29, 0.717) is 0 Å². The van der Waals surface area contributed by atoms with Crippen molar-refractivity contribution in [1.29, 1.82) is 0 Å². The molecule has 1 rings (SSSR count). The lowest BCUT2D eigenvalue weighted by Crippen LogP contribution is -2.05. The predicted octanol–water partition coefficient (Wildman–Crippen LogP) is 2.31. The van der Waals surface area contributed by atoms with E-state index < -0.39 is 0 Å². The molecule has 1 heterocycles. The van der Waals surface area contributed by atoms with Gasteiger partial charge in [-0.05, 0) is 26.5 Å². The summed E-state index contributed by atoms with van der Waals surface area (Å²) in [5.74, 6) is 1.06. The minimum atomic E-state index is -0.368. The molecule has 1 N–H and O–H groups in total. The highest BCUT2D eigenvalue weighted by Crippen LogP contribution is 2.23.